The van der Waals surface area contributed by atoms with Crippen molar-refractivity contribution in [2.75, 3.05) is 11.6 Å². The summed E-state index contributed by atoms with van der Waals surface area (Å²) < 4.78 is 37.9. The molecule has 0 atom stereocenters. The van der Waals surface area contributed by atoms with Crippen LogP contribution in [0.2, 0.25) is 0 Å². The molecule has 136 valence electrons. The van der Waals surface area contributed by atoms with Crippen LogP contribution >= 0.6 is 11.8 Å². The second-order valence-corrected chi connectivity index (χ2v) is 5.88. The average Bonchev–Trinajstić information content (AvgIpc) is 2.61. The fourth-order valence-corrected chi connectivity index (χ4v) is 2.28. The van der Waals surface area contributed by atoms with Crippen molar-refractivity contribution in [2.24, 2.45) is 5.10 Å². The molecule has 0 fully saturated rings. The highest BCUT2D eigenvalue weighted by molar-refractivity contribution is 7.98. The minimum Gasteiger partial charge on any atom is -0.318 e. The molecule has 2 aromatic rings. The number of nitrogens with one attached hydrogen (secondary N) is 2. The number of carbonyl (C=O) groups is 2. The Kier molecular flexibility index (Phi) is 6.40. The van der Waals surface area contributed by atoms with Gasteiger partial charge in [-0.25, -0.2) is 5.43 Å². The SMILES string of the molecule is CSc1ccc(/C=N/NC(=O)C(=O)Nc2cccc(C(F)(F)F)c2)cc1. The van der Waals surface area contributed by atoms with Crippen LogP contribution in [0.4, 0.5) is 18.9 Å². The highest BCUT2D eigenvalue weighted by atomic mass is 32.2. The van der Waals surface area contributed by atoms with Crippen LogP contribution < -0.4 is 10.7 Å². The lowest BCUT2D eigenvalue weighted by atomic mass is 10.2. The zero-order valence-corrected chi connectivity index (χ0v) is 14.3. The first kappa shape index (κ1) is 19.5. The molecule has 9 heteroatoms. The molecule has 0 aliphatic carbocycles. The van der Waals surface area contributed by atoms with E-state index in [4.69, 9.17) is 0 Å². The zero-order valence-electron chi connectivity index (χ0n) is 13.5. The van der Waals surface area contributed by atoms with Gasteiger partial charge in [-0.3, -0.25) is 9.59 Å². The summed E-state index contributed by atoms with van der Waals surface area (Å²) in [6.07, 6.45) is -1.26. The predicted octanol–water partition coefficient (Wildman–Crippen LogP) is 3.52. The molecule has 0 aliphatic rings. The summed E-state index contributed by atoms with van der Waals surface area (Å²) in [5.74, 6) is -2.22. The smallest absolute Gasteiger partial charge is 0.318 e. The second kappa shape index (κ2) is 8.52. The third-order valence-corrected chi connectivity index (χ3v) is 3.89. The lowest BCUT2D eigenvalue weighted by Crippen LogP contribution is -2.32. The number of hydrogen-bond acceptors (Lipinski definition) is 4. The Balaban J connectivity index is 1.93. The van der Waals surface area contributed by atoms with E-state index in [0.717, 1.165) is 23.1 Å². The fraction of sp³-hybridized carbons (Fsp3) is 0.118. The monoisotopic (exact) mass is 381 g/mol. The van der Waals surface area contributed by atoms with Gasteiger partial charge in [-0.2, -0.15) is 18.3 Å². The number of nitrogens with zero attached hydrogens (tertiary/aromatic N) is 1. The number of thioether (sulfide) groups is 1. The van der Waals surface area contributed by atoms with E-state index in [0.29, 0.717) is 5.56 Å². The Morgan fingerprint density at radius 1 is 1.08 bits per heavy atom. The summed E-state index contributed by atoms with van der Waals surface area (Å²) in [5.41, 5.74) is 1.65. The van der Waals surface area contributed by atoms with Gasteiger partial charge in [0, 0.05) is 10.6 Å². The highest BCUT2D eigenvalue weighted by Crippen LogP contribution is 2.30. The van der Waals surface area contributed by atoms with Crippen LogP contribution in [0.5, 0.6) is 0 Å². The van der Waals surface area contributed by atoms with Crippen LogP contribution in [0.15, 0.2) is 58.5 Å². The van der Waals surface area contributed by atoms with Crippen molar-refractivity contribution in [1.29, 1.82) is 0 Å². The van der Waals surface area contributed by atoms with E-state index >= 15 is 0 Å². The first-order valence-corrected chi connectivity index (χ1v) is 8.48. The lowest BCUT2D eigenvalue weighted by Gasteiger charge is -2.09. The molecule has 2 N–H and O–H groups in total. The molecule has 0 saturated carbocycles. The van der Waals surface area contributed by atoms with Gasteiger partial charge in [0.1, 0.15) is 0 Å². The van der Waals surface area contributed by atoms with Gasteiger partial charge >= 0.3 is 18.0 Å². The normalized spacial score (nSPS) is 11.4. The number of alkyl halides is 3. The number of carbonyl (C=O) groups excluding carboxylic acids is 2. The molecule has 0 saturated heterocycles. The molecule has 26 heavy (non-hydrogen) atoms. The molecule has 2 rings (SSSR count). The summed E-state index contributed by atoms with van der Waals surface area (Å²) >= 11 is 1.58. The third-order valence-electron chi connectivity index (χ3n) is 3.15. The topological polar surface area (TPSA) is 70.6 Å². The van der Waals surface area contributed by atoms with E-state index in [9.17, 15) is 22.8 Å². The Labute approximate surface area is 151 Å². The van der Waals surface area contributed by atoms with Gasteiger partial charge in [0.05, 0.1) is 11.8 Å². The fourth-order valence-electron chi connectivity index (χ4n) is 1.87. The lowest BCUT2D eigenvalue weighted by molar-refractivity contribution is -0.137. The minimum atomic E-state index is -4.54. The Morgan fingerprint density at radius 2 is 1.77 bits per heavy atom. The van der Waals surface area contributed by atoms with Crippen molar-refractivity contribution < 1.29 is 22.8 Å². The minimum absolute atomic E-state index is 0.142. The maximum Gasteiger partial charge on any atom is 0.416 e. The van der Waals surface area contributed by atoms with Crippen molar-refractivity contribution in [3.63, 3.8) is 0 Å². The van der Waals surface area contributed by atoms with Crippen molar-refractivity contribution >= 4 is 35.5 Å². The molecule has 0 radical (unpaired) electrons. The number of anilines is 1. The summed E-state index contributed by atoms with van der Waals surface area (Å²) in [5, 5.41) is 5.73. The van der Waals surface area contributed by atoms with Crippen molar-refractivity contribution in [3.05, 3.63) is 59.7 Å². The third kappa shape index (κ3) is 5.62. The number of hydrogen-bond donors (Lipinski definition) is 2. The van der Waals surface area contributed by atoms with Crippen LogP contribution in [-0.2, 0) is 15.8 Å². The molecule has 0 unspecified atom stereocenters. The summed E-state index contributed by atoms with van der Waals surface area (Å²) in [6, 6.07) is 11.3. The Morgan fingerprint density at radius 3 is 2.38 bits per heavy atom. The molecule has 2 aromatic carbocycles. The number of rotatable bonds is 4. The van der Waals surface area contributed by atoms with E-state index in [1.165, 1.54) is 12.3 Å². The van der Waals surface area contributed by atoms with Gasteiger partial charge in [-0.15, -0.1) is 11.8 Å². The average molecular weight is 381 g/mol. The first-order valence-electron chi connectivity index (χ1n) is 7.25. The zero-order chi connectivity index (χ0) is 19.2. The Hall–Kier alpha value is -2.81. The van der Waals surface area contributed by atoms with Crippen molar-refractivity contribution in [1.82, 2.24) is 5.43 Å². The van der Waals surface area contributed by atoms with Crippen LogP contribution in [0.25, 0.3) is 0 Å². The van der Waals surface area contributed by atoms with Crippen LogP contribution in [0, 0.1) is 0 Å². The molecule has 0 aliphatic heterocycles. The van der Waals surface area contributed by atoms with E-state index < -0.39 is 23.6 Å². The molecule has 0 spiro atoms. The molecule has 5 nitrogen and oxygen atoms in total. The molecular weight excluding hydrogens is 367 g/mol. The largest absolute Gasteiger partial charge is 0.416 e. The predicted molar refractivity (Wildman–Crippen MR) is 94.0 cm³/mol. The van der Waals surface area contributed by atoms with Crippen LogP contribution in [-0.4, -0.2) is 24.3 Å². The standard InChI is InChI=1S/C17H14F3N3O2S/c1-26-14-7-5-11(6-8-14)10-21-23-16(25)15(24)22-13-4-2-3-12(9-13)17(18,19)20/h2-10H,1H3,(H,22,24)(H,23,25)/b21-10+. The van der Waals surface area contributed by atoms with E-state index in [-0.39, 0.29) is 5.69 Å². The van der Waals surface area contributed by atoms with Crippen LogP contribution in [0.3, 0.4) is 0 Å². The van der Waals surface area contributed by atoms with Gasteiger partial charge in [-0.1, -0.05) is 18.2 Å². The van der Waals surface area contributed by atoms with Crippen LogP contribution in [0.1, 0.15) is 11.1 Å². The molecule has 2 amide bonds. The Bertz CT molecular complexity index is 821. The number of halogens is 3. The molecule has 0 aromatic heterocycles. The summed E-state index contributed by atoms with van der Waals surface area (Å²) in [7, 11) is 0. The highest BCUT2D eigenvalue weighted by Gasteiger charge is 2.30. The van der Waals surface area contributed by atoms with Crippen molar-refractivity contribution in [3.8, 4) is 0 Å². The molecule has 0 bridgehead atoms. The van der Waals surface area contributed by atoms with Gasteiger partial charge in [0.15, 0.2) is 0 Å². The summed E-state index contributed by atoms with van der Waals surface area (Å²) in [4.78, 5) is 24.4. The maximum atomic E-state index is 12.6. The number of amides is 2. The van der Waals surface area contributed by atoms with Gasteiger partial charge < -0.3 is 5.32 Å². The number of hydrazone groups is 1. The van der Waals surface area contributed by atoms with Gasteiger partial charge in [-0.05, 0) is 42.2 Å². The van der Waals surface area contributed by atoms with Crippen molar-refractivity contribution in [2.45, 2.75) is 11.1 Å². The number of benzene rings is 2. The molecular formula is C17H14F3N3O2S. The van der Waals surface area contributed by atoms with E-state index in [1.54, 1.807) is 23.9 Å². The van der Waals surface area contributed by atoms with E-state index in [2.05, 4.69) is 10.4 Å². The first-order chi connectivity index (χ1) is 12.3. The second-order valence-electron chi connectivity index (χ2n) is 5.00. The maximum absolute atomic E-state index is 12.6. The van der Waals surface area contributed by atoms with Gasteiger partial charge in [0.2, 0.25) is 0 Å². The quantitative estimate of drug-likeness (QED) is 0.369. The van der Waals surface area contributed by atoms with E-state index in [1.807, 2.05) is 23.8 Å². The molecule has 0 heterocycles. The van der Waals surface area contributed by atoms with Gasteiger partial charge in [0.25, 0.3) is 0 Å². The summed E-state index contributed by atoms with van der Waals surface area (Å²) in [6.45, 7) is 0.